The van der Waals surface area contributed by atoms with Gasteiger partial charge in [-0.25, -0.2) is 13.1 Å². The number of aromatic nitrogens is 4. The van der Waals surface area contributed by atoms with Crippen LogP contribution in [-0.2, 0) is 14.8 Å². The summed E-state index contributed by atoms with van der Waals surface area (Å²) in [6.07, 6.45) is 0. The van der Waals surface area contributed by atoms with Crippen molar-refractivity contribution in [2.45, 2.75) is 23.9 Å². The van der Waals surface area contributed by atoms with Crippen molar-refractivity contribution in [1.82, 2.24) is 29.2 Å². The number of piperazine rings is 1. The smallest absolute Gasteiger partial charge is 0.248 e. The van der Waals surface area contributed by atoms with Gasteiger partial charge in [-0.2, -0.15) is 4.31 Å². The van der Waals surface area contributed by atoms with Crippen molar-refractivity contribution in [1.29, 1.82) is 0 Å². The van der Waals surface area contributed by atoms with Gasteiger partial charge in [0.1, 0.15) is 10.6 Å². The van der Waals surface area contributed by atoms with Crippen LogP contribution in [0.4, 0.5) is 0 Å². The Labute approximate surface area is 187 Å². The molecule has 0 atom stereocenters. The molecule has 14 heteroatoms. The molecule has 166 valence electrons. The second-order valence-corrected chi connectivity index (χ2v) is 10.6. The average Bonchev–Trinajstić information content (AvgIpc) is 3.47. The predicted molar refractivity (Wildman–Crippen MR) is 116 cm³/mol. The van der Waals surface area contributed by atoms with E-state index >= 15 is 0 Å². The Kier molecular flexibility index (Phi) is 6.05. The van der Waals surface area contributed by atoms with Gasteiger partial charge in [0.2, 0.25) is 21.1 Å². The third-order valence-electron chi connectivity index (χ3n) is 4.89. The van der Waals surface area contributed by atoms with Gasteiger partial charge in [-0.15, -0.1) is 21.5 Å². The molecule has 1 aliphatic rings. The number of thiophene rings is 1. The number of hydrogen-bond acceptors (Lipinski definition) is 10. The maximum atomic E-state index is 12.9. The summed E-state index contributed by atoms with van der Waals surface area (Å²) in [5.41, 5.74) is 0.334. The first-order chi connectivity index (χ1) is 14.8. The van der Waals surface area contributed by atoms with Gasteiger partial charge in [0.25, 0.3) is 0 Å². The Hall–Kier alpha value is -2.42. The van der Waals surface area contributed by atoms with E-state index in [1.807, 2.05) is 17.5 Å². The van der Waals surface area contributed by atoms with Crippen LogP contribution in [-0.4, -0.2) is 75.5 Å². The van der Waals surface area contributed by atoms with Crippen molar-refractivity contribution in [2.24, 2.45) is 0 Å². The molecule has 2 N–H and O–H groups in total. The van der Waals surface area contributed by atoms with E-state index in [4.69, 9.17) is 10.4 Å². The van der Waals surface area contributed by atoms with Crippen LogP contribution in [0.5, 0.6) is 0 Å². The van der Waals surface area contributed by atoms with Crippen molar-refractivity contribution in [2.75, 3.05) is 37.8 Å². The summed E-state index contributed by atoms with van der Waals surface area (Å²) in [5.74, 6) is 6.90. The molecule has 0 aliphatic carbocycles. The maximum absolute atomic E-state index is 12.9. The van der Waals surface area contributed by atoms with Crippen LogP contribution >= 0.6 is 23.1 Å². The molecule has 0 saturated carbocycles. The van der Waals surface area contributed by atoms with Gasteiger partial charge in [-0.1, -0.05) is 23.0 Å². The van der Waals surface area contributed by atoms with E-state index in [0.29, 0.717) is 29.8 Å². The number of rotatable bonds is 6. The normalized spacial score (nSPS) is 15.5. The first-order valence-electron chi connectivity index (χ1n) is 9.37. The standard InChI is InChI=1S/C17H21N7O4S3/c1-11-15(12(2)28-21-11)31(26,27)23-7-5-22(6-8-23)14(25)10-30-17-20-19-16(24(17)18)13-4-3-9-29-13/h3-4,9H,5-8,10,18H2,1-2H3. The molecule has 3 aromatic heterocycles. The highest BCUT2D eigenvalue weighted by Gasteiger charge is 2.34. The second kappa shape index (κ2) is 8.61. The van der Waals surface area contributed by atoms with E-state index in [1.165, 1.54) is 32.1 Å². The Bertz CT molecular complexity index is 1160. The van der Waals surface area contributed by atoms with E-state index in [-0.39, 0.29) is 35.4 Å². The fourth-order valence-corrected chi connectivity index (χ4v) is 6.49. The number of thioether (sulfide) groups is 1. The van der Waals surface area contributed by atoms with E-state index in [1.54, 1.807) is 18.7 Å². The molecular weight excluding hydrogens is 462 g/mol. The number of nitrogen functional groups attached to an aromatic ring is 1. The lowest BCUT2D eigenvalue weighted by molar-refractivity contribution is -0.129. The number of carbonyl (C=O) groups is 1. The first kappa shape index (κ1) is 21.8. The van der Waals surface area contributed by atoms with E-state index < -0.39 is 10.0 Å². The second-order valence-electron chi connectivity index (χ2n) is 6.88. The molecule has 0 aromatic carbocycles. The van der Waals surface area contributed by atoms with Gasteiger partial charge in [0.15, 0.2) is 11.6 Å². The highest BCUT2D eigenvalue weighted by atomic mass is 32.2. The van der Waals surface area contributed by atoms with Gasteiger partial charge >= 0.3 is 0 Å². The molecular formula is C17H21N7O4S3. The largest absolute Gasteiger partial charge is 0.360 e. The zero-order valence-corrected chi connectivity index (χ0v) is 19.3. The van der Waals surface area contributed by atoms with Crippen molar-refractivity contribution >= 4 is 39.0 Å². The van der Waals surface area contributed by atoms with E-state index in [2.05, 4.69) is 15.4 Å². The number of sulfonamides is 1. The van der Waals surface area contributed by atoms with Crippen molar-refractivity contribution in [3.05, 3.63) is 29.0 Å². The predicted octanol–water partition coefficient (Wildman–Crippen LogP) is 0.950. The zero-order chi connectivity index (χ0) is 22.2. The van der Waals surface area contributed by atoms with Gasteiger partial charge in [0, 0.05) is 26.2 Å². The summed E-state index contributed by atoms with van der Waals surface area (Å²) >= 11 is 2.70. The molecule has 0 radical (unpaired) electrons. The summed E-state index contributed by atoms with van der Waals surface area (Å²) in [6.45, 7) is 4.19. The fraction of sp³-hybridized carbons (Fsp3) is 0.412. The number of carbonyl (C=O) groups excluding carboxylic acids is 1. The molecule has 11 nitrogen and oxygen atoms in total. The minimum Gasteiger partial charge on any atom is -0.360 e. The van der Waals surface area contributed by atoms with E-state index in [9.17, 15) is 13.2 Å². The Morgan fingerprint density at radius 3 is 2.61 bits per heavy atom. The molecule has 1 saturated heterocycles. The summed E-state index contributed by atoms with van der Waals surface area (Å²) in [5, 5.41) is 14.2. The lowest BCUT2D eigenvalue weighted by Gasteiger charge is -2.33. The summed E-state index contributed by atoms with van der Waals surface area (Å²) in [6, 6.07) is 3.80. The third-order valence-corrected chi connectivity index (χ3v) is 8.83. The van der Waals surface area contributed by atoms with Crippen molar-refractivity contribution < 1.29 is 17.7 Å². The molecule has 4 rings (SSSR count). The summed E-state index contributed by atoms with van der Waals surface area (Å²) in [7, 11) is -3.71. The minimum atomic E-state index is -3.71. The minimum absolute atomic E-state index is 0.103. The third kappa shape index (κ3) is 4.20. The molecule has 0 unspecified atom stereocenters. The van der Waals surface area contributed by atoms with Gasteiger partial charge < -0.3 is 15.3 Å². The lowest BCUT2D eigenvalue weighted by atomic mass is 10.3. The summed E-state index contributed by atoms with van der Waals surface area (Å²) in [4.78, 5) is 15.3. The lowest BCUT2D eigenvalue weighted by Crippen LogP contribution is -2.51. The number of hydrogen-bond donors (Lipinski definition) is 1. The fourth-order valence-electron chi connectivity index (χ4n) is 3.32. The zero-order valence-electron chi connectivity index (χ0n) is 16.9. The van der Waals surface area contributed by atoms with Gasteiger partial charge in [0.05, 0.1) is 10.6 Å². The monoisotopic (exact) mass is 483 g/mol. The van der Waals surface area contributed by atoms with E-state index in [0.717, 1.165) is 4.88 Å². The SMILES string of the molecule is Cc1noc(C)c1S(=O)(=O)N1CCN(C(=O)CSc2nnc(-c3cccs3)n2N)CC1. The molecule has 1 aliphatic heterocycles. The quantitative estimate of drug-likeness (QED) is 0.401. The van der Waals surface area contributed by atoms with Crippen LogP contribution in [0.15, 0.2) is 32.1 Å². The van der Waals surface area contributed by atoms with Crippen LogP contribution < -0.4 is 5.84 Å². The van der Waals surface area contributed by atoms with Gasteiger partial charge in [-0.05, 0) is 25.3 Å². The molecule has 4 heterocycles. The van der Waals surface area contributed by atoms with Crippen molar-refractivity contribution in [3.8, 4) is 10.7 Å². The average molecular weight is 484 g/mol. The molecule has 3 aromatic rings. The van der Waals surface area contributed by atoms with Crippen LogP contribution in [0, 0.1) is 13.8 Å². The number of nitrogens with zero attached hydrogens (tertiary/aromatic N) is 6. The number of amides is 1. The Balaban J connectivity index is 1.34. The molecule has 1 amide bonds. The Morgan fingerprint density at radius 1 is 1.26 bits per heavy atom. The maximum Gasteiger partial charge on any atom is 0.248 e. The molecule has 0 bridgehead atoms. The highest BCUT2D eigenvalue weighted by Crippen LogP contribution is 2.26. The van der Waals surface area contributed by atoms with Crippen LogP contribution in [0.25, 0.3) is 10.7 Å². The van der Waals surface area contributed by atoms with Gasteiger partial charge in [-0.3, -0.25) is 4.79 Å². The van der Waals surface area contributed by atoms with Crippen LogP contribution in [0.2, 0.25) is 0 Å². The number of aryl methyl sites for hydroxylation is 2. The Morgan fingerprint density at radius 2 is 2.00 bits per heavy atom. The molecule has 0 spiro atoms. The molecule has 1 fully saturated rings. The topological polar surface area (TPSA) is 140 Å². The first-order valence-corrected chi connectivity index (χ1v) is 12.7. The number of nitrogens with two attached hydrogens (primary N) is 1. The highest BCUT2D eigenvalue weighted by molar-refractivity contribution is 7.99. The van der Waals surface area contributed by atoms with Crippen LogP contribution in [0.3, 0.4) is 0 Å². The van der Waals surface area contributed by atoms with Crippen LogP contribution in [0.1, 0.15) is 11.5 Å². The van der Waals surface area contributed by atoms with Crippen molar-refractivity contribution in [3.63, 3.8) is 0 Å². The summed E-state index contributed by atoms with van der Waals surface area (Å²) < 4.78 is 33.5. The molecule has 31 heavy (non-hydrogen) atoms.